The smallest absolute Gasteiger partial charge is 0.365 e. The van der Waals surface area contributed by atoms with Crippen molar-refractivity contribution in [2.24, 2.45) is 11.8 Å². The number of hydrogen-bond donors (Lipinski definition) is 2. The fourth-order valence-electron chi connectivity index (χ4n) is 5.42. The number of benzene rings is 1. The van der Waals surface area contributed by atoms with Crippen LogP contribution < -0.4 is 15.1 Å². The van der Waals surface area contributed by atoms with E-state index in [0.29, 0.717) is 46.7 Å². The van der Waals surface area contributed by atoms with Gasteiger partial charge in [-0.1, -0.05) is 13.8 Å². The van der Waals surface area contributed by atoms with Gasteiger partial charge in [-0.25, -0.2) is 15.0 Å². The molecule has 0 radical (unpaired) electrons. The number of alkyl halides is 6. The summed E-state index contributed by atoms with van der Waals surface area (Å²) in [5.41, 5.74) is -1.98. The Hall–Kier alpha value is -4.41. The van der Waals surface area contributed by atoms with E-state index in [1.807, 2.05) is 46.8 Å². The van der Waals surface area contributed by atoms with Crippen molar-refractivity contribution in [2.45, 2.75) is 98.2 Å². The molecule has 1 aromatic carbocycles. The summed E-state index contributed by atoms with van der Waals surface area (Å²) in [6.45, 7) is 12.6. The number of nitriles is 1. The molecular formula is C36H44F6N8. The lowest BCUT2D eigenvalue weighted by Crippen LogP contribution is -2.34. The van der Waals surface area contributed by atoms with Crippen molar-refractivity contribution in [1.29, 1.82) is 10.7 Å². The first-order chi connectivity index (χ1) is 23.4. The Labute approximate surface area is 289 Å². The summed E-state index contributed by atoms with van der Waals surface area (Å²) in [5, 5.41) is 21.3. The van der Waals surface area contributed by atoms with Crippen LogP contribution in [0.5, 0.6) is 0 Å². The molecule has 2 aromatic heterocycles. The number of anilines is 3. The van der Waals surface area contributed by atoms with Gasteiger partial charge in [-0.3, -0.25) is 0 Å². The van der Waals surface area contributed by atoms with E-state index in [1.54, 1.807) is 6.92 Å². The molecule has 0 amide bonds. The quantitative estimate of drug-likeness (QED) is 0.143. The van der Waals surface area contributed by atoms with E-state index in [0.717, 1.165) is 38.8 Å². The maximum atomic E-state index is 13.8. The van der Waals surface area contributed by atoms with Gasteiger partial charge in [0.25, 0.3) is 0 Å². The Bertz CT molecular complexity index is 1640. The molecule has 2 heterocycles. The number of nitrogens with one attached hydrogen (secondary N) is 2. The van der Waals surface area contributed by atoms with Crippen LogP contribution >= 0.6 is 0 Å². The van der Waals surface area contributed by atoms with E-state index < -0.39 is 35.6 Å². The van der Waals surface area contributed by atoms with E-state index >= 15 is 0 Å². The fraction of sp³-hybridized carbons (Fsp3) is 0.528. The van der Waals surface area contributed by atoms with E-state index in [4.69, 9.17) is 10.4 Å². The first-order valence-electron chi connectivity index (χ1n) is 16.8. The second kappa shape index (κ2) is 15.2. The normalized spacial score (nSPS) is 14.7. The number of halogens is 6. The lowest BCUT2D eigenvalue weighted by atomic mass is 10.0. The lowest BCUT2D eigenvalue weighted by Gasteiger charge is -2.31. The van der Waals surface area contributed by atoms with Crippen LogP contribution in [0, 0.1) is 28.6 Å². The molecule has 0 saturated heterocycles. The first-order valence-corrected chi connectivity index (χ1v) is 16.8. The molecular weight excluding hydrogens is 658 g/mol. The number of nitrogens with zero attached hydrogens (tertiary/aromatic N) is 6. The van der Waals surface area contributed by atoms with Gasteiger partial charge in [0.1, 0.15) is 17.7 Å². The second-order valence-corrected chi connectivity index (χ2v) is 13.8. The van der Waals surface area contributed by atoms with Crippen molar-refractivity contribution >= 4 is 23.3 Å². The van der Waals surface area contributed by atoms with E-state index in [9.17, 15) is 31.6 Å². The van der Waals surface area contributed by atoms with Gasteiger partial charge in [0, 0.05) is 48.6 Å². The molecule has 2 aliphatic rings. The van der Waals surface area contributed by atoms with Crippen molar-refractivity contribution in [3.63, 3.8) is 0 Å². The van der Waals surface area contributed by atoms with Crippen LogP contribution in [0.25, 0.3) is 0 Å². The third-order valence-electron chi connectivity index (χ3n) is 8.06. The zero-order valence-corrected chi connectivity index (χ0v) is 29.2. The van der Waals surface area contributed by atoms with Crippen molar-refractivity contribution in [1.82, 2.24) is 15.0 Å². The molecule has 2 N–H and O–H groups in total. The topological polar surface area (TPSA) is 105 Å². The Kier molecular flexibility index (Phi) is 11.7. The van der Waals surface area contributed by atoms with Crippen LogP contribution in [0.2, 0.25) is 0 Å². The lowest BCUT2D eigenvalue weighted by molar-refractivity contribution is -0.143. The Morgan fingerprint density at radius 1 is 0.860 bits per heavy atom. The van der Waals surface area contributed by atoms with Crippen LogP contribution in [-0.2, 0) is 25.4 Å². The summed E-state index contributed by atoms with van der Waals surface area (Å²) < 4.78 is 82.7. The summed E-state index contributed by atoms with van der Waals surface area (Å²) >= 11 is 0. The molecule has 0 bridgehead atoms. The third kappa shape index (κ3) is 10.5. The zero-order valence-electron chi connectivity index (χ0n) is 29.2. The molecule has 2 fully saturated rings. The summed E-state index contributed by atoms with van der Waals surface area (Å²) in [4.78, 5) is 17.3. The highest BCUT2D eigenvalue weighted by molar-refractivity contribution is 6.01. The molecule has 8 nitrogen and oxygen atoms in total. The highest BCUT2D eigenvalue weighted by atomic mass is 19.4. The molecule has 0 unspecified atom stereocenters. The molecule has 0 aliphatic heterocycles. The van der Waals surface area contributed by atoms with Crippen molar-refractivity contribution in [3.8, 4) is 6.07 Å². The van der Waals surface area contributed by atoms with Crippen molar-refractivity contribution in [2.75, 3.05) is 28.2 Å². The van der Waals surface area contributed by atoms with Crippen LogP contribution in [0.1, 0.15) is 101 Å². The van der Waals surface area contributed by atoms with Gasteiger partial charge in [-0.2, -0.15) is 31.6 Å². The monoisotopic (exact) mass is 702 g/mol. The molecule has 270 valence electrons. The van der Waals surface area contributed by atoms with Gasteiger partial charge in [0.15, 0.2) is 0 Å². The van der Waals surface area contributed by atoms with Gasteiger partial charge < -0.3 is 20.5 Å². The molecule has 50 heavy (non-hydrogen) atoms. The molecule has 0 atom stereocenters. The van der Waals surface area contributed by atoms with Gasteiger partial charge in [0.2, 0.25) is 5.95 Å². The summed E-state index contributed by atoms with van der Waals surface area (Å²) in [6, 6.07) is 5.22. The van der Waals surface area contributed by atoms with E-state index in [-0.39, 0.29) is 35.4 Å². The van der Waals surface area contributed by atoms with Crippen LogP contribution in [0.15, 0.2) is 36.7 Å². The van der Waals surface area contributed by atoms with Crippen LogP contribution in [0.4, 0.5) is 43.9 Å². The molecule has 2 saturated carbocycles. The van der Waals surface area contributed by atoms with E-state index in [1.165, 1.54) is 17.3 Å². The predicted octanol–water partition coefficient (Wildman–Crippen LogP) is 9.24. The Morgan fingerprint density at radius 2 is 1.38 bits per heavy atom. The SMILES string of the molecule is CC.CC(=N)c1cc(CN(Cc2cc(C(F)(F)F)cc(C(F)(F)F)c2)c2ncc(C#N)cn2)c(N(CC2CC2)CC2CC2)nc1NC(C)(C)C. The average molecular weight is 703 g/mol. The third-order valence-corrected chi connectivity index (χ3v) is 8.06. The number of pyridine rings is 1. The van der Waals surface area contributed by atoms with Crippen LogP contribution in [0.3, 0.4) is 0 Å². The maximum Gasteiger partial charge on any atom is 0.416 e. The van der Waals surface area contributed by atoms with Gasteiger partial charge in [-0.05, 0) is 95.0 Å². The summed E-state index contributed by atoms with van der Waals surface area (Å²) in [5.74, 6) is 2.13. The zero-order chi connectivity index (χ0) is 37.0. The summed E-state index contributed by atoms with van der Waals surface area (Å²) in [6.07, 6.45) is -3.18. The Morgan fingerprint density at radius 3 is 1.80 bits per heavy atom. The molecule has 5 rings (SSSR count). The van der Waals surface area contributed by atoms with E-state index in [2.05, 4.69) is 20.2 Å². The number of rotatable bonds is 12. The predicted molar refractivity (Wildman–Crippen MR) is 182 cm³/mol. The highest BCUT2D eigenvalue weighted by Crippen LogP contribution is 2.39. The average Bonchev–Trinajstić information content (AvgIpc) is 3.98. The second-order valence-electron chi connectivity index (χ2n) is 13.8. The molecule has 3 aromatic rings. The first kappa shape index (κ1) is 38.4. The minimum absolute atomic E-state index is 0.00637. The largest absolute Gasteiger partial charge is 0.416 e. The van der Waals surface area contributed by atoms with Crippen molar-refractivity contribution in [3.05, 3.63) is 70.0 Å². The van der Waals surface area contributed by atoms with Gasteiger partial charge in [-0.15, -0.1) is 0 Å². The Balaban J connectivity index is 0.00000276. The fourth-order valence-corrected chi connectivity index (χ4v) is 5.42. The molecule has 2 aliphatic carbocycles. The van der Waals surface area contributed by atoms with Gasteiger partial charge >= 0.3 is 12.4 Å². The number of hydrogen-bond acceptors (Lipinski definition) is 8. The molecule has 0 spiro atoms. The minimum atomic E-state index is -5.01. The summed E-state index contributed by atoms with van der Waals surface area (Å²) in [7, 11) is 0. The van der Waals surface area contributed by atoms with Crippen LogP contribution in [-0.4, -0.2) is 39.3 Å². The maximum absolute atomic E-state index is 13.8. The number of aromatic nitrogens is 3. The standard InChI is InChI=1S/C34H38F6N8.C2H6/c1-20(42)28-11-25(30(45-29(28)46-32(2,3)4)47(16-21-5-6-21)17-22-7-8-22)19-48(31-43-14-24(13-41)15-44-31)18-23-9-26(33(35,36)37)12-27(10-23)34(38,39)40;1-2/h9-12,14-15,21-22,42H,5-8,16-19H2,1-4H3,(H,45,46);1-2H3. The highest BCUT2D eigenvalue weighted by Gasteiger charge is 2.37. The molecule has 14 heteroatoms. The minimum Gasteiger partial charge on any atom is -0.365 e. The van der Waals surface area contributed by atoms with Gasteiger partial charge in [0.05, 0.1) is 29.1 Å². The van der Waals surface area contributed by atoms with Crippen molar-refractivity contribution < 1.29 is 26.3 Å².